The van der Waals surface area contributed by atoms with Gasteiger partial charge in [-0.3, -0.25) is 14.4 Å². The molecule has 1 atom stereocenters. The highest BCUT2D eigenvalue weighted by atomic mass is 15.2. The fourth-order valence-electron chi connectivity index (χ4n) is 6.70. The van der Waals surface area contributed by atoms with Gasteiger partial charge in [0.15, 0.2) is 0 Å². The average Bonchev–Trinajstić information content (AvgIpc) is 3.31. The number of benzene rings is 2. The zero-order valence-electron chi connectivity index (χ0n) is 27.5. The van der Waals surface area contributed by atoms with Crippen LogP contribution in [0.25, 0.3) is 22.5 Å². The lowest BCUT2D eigenvalue weighted by molar-refractivity contribution is 0.408. The fraction of sp³-hybridized carbons (Fsp3) is 0.214. The van der Waals surface area contributed by atoms with E-state index in [0.29, 0.717) is 6.54 Å². The van der Waals surface area contributed by atoms with Gasteiger partial charge >= 0.3 is 0 Å². The minimum atomic E-state index is 0.134. The zero-order valence-corrected chi connectivity index (χ0v) is 27.5. The highest BCUT2D eigenvalue weighted by Crippen LogP contribution is 2.38. The maximum atomic E-state index is 5.11. The Hall–Kier alpha value is -5.29. The molecule has 234 valence electrons. The molecule has 1 aliphatic heterocycles. The van der Waals surface area contributed by atoms with Gasteiger partial charge in [-0.1, -0.05) is 117 Å². The second kappa shape index (κ2) is 13.6. The molecule has 1 aliphatic carbocycles. The Balaban J connectivity index is 1.14. The molecule has 0 saturated heterocycles. The lowest BCUT2D eigenvalue weighted by atomic mass is 9.94. The van der Waals surface area contributed by atoms with E-state index in [0.717, 1.165) is 46.8 Å². The molecule has 5 aromatic rings. The van der Waals surface area contributed by atoms with Crippen LogP contribution in [0.5, 0.6) is 0 Å². The quantitative estimate of drug-likeness (QED) is 0.0943. The van der Waals surface area contributed by atoms with Crippen molar-refractivity contribution in [1.29, 1.82) is 0 Å². The molecule has 1 unspecified atom stereocenters. The molecule has 0 spiro atoms. The summed E-state index contributed by atoms with van der Waals surface area (Å²) in [6, 6.07) is 28.3. The van der Waals surface area contributed by atoms with E-state index < -0.39 is 0 Å². The molecular formula is C42H41N5. The van der Waals surface area contributed by atoms with E-state index in [9.17, 15) is 0 Å². The number of aryl methyl sites for hydroxylation is 1. The second-order valence-electron chi connectivity index (χ2n) is 12.3. The van der Waals surface area contributed by atoms with E-state index in [2.05, 4.69) is 127 Å². The summed E-state index contributed by atoms with van der Waals surface area (Å²) in [5, 5.41) is 0. The minimum absolute atomic E-state index is 0.134. The van der Waals surface area contributed by atoms with Crippen LogP contribution in [0.15, 0.2) is 138 Å². The SMILES string of the molecule is CCCC/C=C\C/N=C(/c1ccc(-c2ccc(C3C=CC4=C(c5ncccc5CC=C4)N3C)cc2)cc1)c1c(C)nc2ccccn12. The van der Waals surface area contributed by atoms with Crippen molar-refractivity contribution in [3.63, 3.8) is 0 Å². The molecule has 47 heavy (non-hydrogen) atoms. The molecule has 5 nitrogen and oxygen atoms in total. The van der Waals surface area contributed by atoms with Crippen molar-refractivity contribution in [2.24, 2.45) is 4.99 Å². The number of imidazole rings is 1. The summed E-state index contributed by atoms with van der Waals surface area (Å²) >= 11 is 0. The van der Waals surface area contributed by atoms with Crippen molar-refractivity contribution in [2.45, 2.75) is 45.6 Å². The van der Waals surface area contributed by atoms with Gasteiger partial charge in [0, 0.05) is 25.0 Å². The van der Waals surface area contributed by atoms with E-state index >= 15 is 0 Å². The van der Waals surface area contributed by atoms with Crippen LogP contribution in [0, 0.1) is 6.92 Å². The van der Waals surface area contributed by atoms with Gasteiger partial charge in [-0.15, -0.1) is 0 Å². The van der Waals surface area contributed by atoms with Gasteiger partial charge in [-0.25, -0.2) is 4.98 Å². The average molecular weight is 616 g/mol. The molecule has 0 N–H and O–H groups in total. The van der Waals surface area contributed by atoms with Gasteiger partial charge in [0.25, 0.3) is 0 Å². The Labute approximate surface area is 278 Å². The monoisotopic (exact) mass is 615 g/mol. The van der Waals surface area contributed by atoms with Gasteiger partial charge < -0.3 is 4.90 Å². The first-order valence-corrected chi connectivity index (χ1v) is 16.7. The Morgan fingerprint density at radius 3 is 2.55 bits per heavy atom. The van der Waals surface area contributed by atoms with Crippen molar-refractivity contribution in [3.05, 3.63) is 167 Å². The molecular weight excluding hydrogens is 574 g/mol. The molecule has 3 aromatic heterocycles. The Kier molecular flexibility index (Phi) is 8.79. The number of likely N-dealkylation sites (N-methyl/N-ethyl adjacent to an activating group) is 1. The summed E-state index contributed by atoms with van der Waals surface area (Å²) in [6.07, 6.45) is 21.8. The predicted octanol–water partition coefficient (Wildman–Crippen LogP) is 9.35. The minimum Gasteiger partial charge on any atom is -0.362 e. The first-order valence-electron chi connectivity index (χ1n) is 16.7. The third-order valence-corrected chi connectivity index (χ3v) is 9.17. The van der Waals surface area contributed by atoms with Gasteiger partial charge in [0.2, 0.25) is 0 Å². The van der Waals surface area contributed by atoms with Crippen LogP contribution in [0.2, 0.25) is 0 Å². The summed E-state index contributed by atoms with van der Waals surface area (Å²) in [6.45, 7) is 4.94. The number of pyridine rings is 2. The number of fused-ring (bicyclic) bond motifs is 3. The molecule has 0 saturated carbocycles. The number of unbranched alkanes of at least 4 members (excludes halogenated alkanes) is 2. The highest BCUT2D eigenvalue weighted by molar-refractivity contribution is 6.13. The van der Waals surface area contributed by atoms with E-state index in [1.54, 1.807) is 0 Å². The number of aliphatic imine (C=N–C) groups is 1. The van der Waals surface area contributed by atoms with Crippen LogP contribution in [-0.4, -0.2) is 38.6 Å². The van der Waals surface area contributed by atoms with Crippen LogP contribution >= 0.6 is 0 Å². The summed E-state index contributed by atoms with van der Waals surface area (Å²) in [5.41, 5.74) is 13.4. The lowest BCUT2D eigenvalue weighted by Crippen LogP contribution is -2.26. The Morgan fingerprint density at radius 1 is 0.936 bits per heavy atom. The van der Waals surface area contributed by atoms with E-state index in [4.69, 9.17) is 15.0 Å². The third-order valence-electron chi connectivity index (χ3n) is 9.17. The van der Waals surface area contributed by atoms with E-state index in [1.807, 2.05) is 30.5 Å². The molecule has 7 rings (SSSR count). The Bertz CT molecular complexity index is 2040. The van der Waals surface area contributed by atoms with Crippen molar-refractivity contribution in [1.82, 2.24) is 19.3 Å². The molecule has 2 aromatic carbocycles. The van der Waals surface area contributed by atoms with Crippen molar-refractivity contribution >= 4 is 17.1 Å². The summed E-state index contributed by atoms with van der Waals surface area (Å²) in [7, 11) is 2.18. The van der Waals surface area contributed by atoms with Gasteiger partial charge in [0.1, 0.15) is 5.65 Å². The van der Waals surface area contributed by atoms with Crippen molar-refractivity contribution < 1.29 is 0 Å². The molecule has 0 fully saturated rings. The van der Waals surface area contributed by atoms with Crippen LogP contribution in [0.3, 0.4) is 0 Å². The van der Waals surface area contributed by atoms with Gasteiger partial charge in [0.05, 0.1) is 41.1 Å². The van der Waals surface area contributed by atoms with Gasteiger partial charge in [-0.2, -0.15) is 0 Å². The fourth-order valence-corrected chi connectivity index (χ4v) is 6.70. The molecule has 2 aliphatic rings. The lowest BCUT2D eigenvalue weighted by Gasteiger charge is -2.34. The Morgan fingerprint density at radius 2 is 1.74 bits per heavy atom. The third kappa shape index (κ3) is 6.14. The van der Waals surface area contributed by atoms with Crippen LogP contribution in [0.4, 0.5) is 0 Å². The normalized spacial score (nSPS) is 16.2. The molecule has 5 heteroatoms. The van der Waals surface area contributed by atoms with Gasteiger partial charge in [-0.05, 0) is 65.8 Å². The number of hydrogen-bond acceptors (Lipinski definition) is 4. The maximum Gasteiger partial charge on any atom is 0.137 e. The molecule has 0 amide bonds. The molecule has 4 heterocycles. The van der Waals surface area contributed by atoms with E-state index in [1.165, 1.54) is 46.4 Å². The standard InChI is InChI=1S/C42H41N5/c1-4-5-6-7-9-27-43-39(41-30(2)45-38-16-8-10-29-47(38)41)35-23-19-32(20-24-35)31-17-21-33(22-18-31)37-26-25-36-14-11-13-34-15-12-28-44-40(34)42(36)46(37)3/h7-12,14-26,28-29,37H,4-6,13,27H2,1-3H3/b9-7-,43-39-. The first-order chi connectivity index (χ1) is 23.1. The topological polar surface area (TPSA) is 45.8 Å². The van der Waals surface area contributed by atoms with Crippen molar-refractivity contribution in [3.8, 4) is 11.1 Å². The molecule has 0 bridgehead atoms. The number of hydrogen-bond donors (Lipinski definition) is 0. The highest BCUT2D eigenvalue weighted by Gasteiger charge is 2.26. The summed E-state index contributed by atoms with van der Waals surface area (Å²) in [4.78, 5) is 17.1. The summed E-state index contributed by atoms with van der Waals surface area (Å²) in [5.74, 6) is 0. The number of aromatic nitrogens is 3. The van der Waals surface area contributed by atoms with Crippen LogP contribution in [-0.2, 0) is 6.42 Å². The second-order valence-corrected chi connectivity index (χ2v) is 12.3. The predicted molar refractivity (Wildman–Crippen MR) is 195 cm³/mol. The largest absolute Gasteiger partial charge is 0.362 e. The number of nitrogens with zero attached hydrogens (tertiary/aromatic N) is 5. The van der Waals surface area contributed by atoms with Crippen LogP contribution in [0.1, 0.15) is 66.0 Å². The van der Waals surface area contributed by atoms with Crippen LogP contribution < -0.4 is 0 Å². The number of rotatable bonds is 9. The first kappa shape index (κ1) is 30.4. The van der Waals surface area contributed by atoms with E-state index in [-0.39, 0.29) is 6.04 Å². The van der Waals surface area contributed by atoms with Crippen molar-refractivity contribution in [2.75, 3.05) is 13.6 Å². The number of allylic oxidation sites excluding steroid dienone is 5. The maximum absolute atomic E-state index is 5.11. The zero-order chi connectivity index (χ0) is 32.2. The molecule has 0 radical (unpaired) electrons. The smallest absolute Gasteiger partial charge is 0.137 e. The summed E-state index contributed by atoms with van der Waals surface area (Å²) < 4.78 is 2.15.